The summed E-state index contributed by atoms with van der Waals surface area (Å²) < 4.78 is 13.5. The highest BCUT2D eigenvalue weighted by Crippen LogP contribution is 2.36. The van der Waals surface area contributed by atoms with Gasteiger partial charge in [-0.15, -0.1) is 0 Å². The lowest BCUT2D eigenvalue weighted by atomic mass is 10.1. The normalized spacial score (nSPS) is 14.3. The fraction of sp³-hybridized carbons (Fsp3) is 0.357. The Morgan fingerprint density at radius 2 is 2.05 bits per heavy atom. The van der Waals surface area contributed by atoms with Crippen LogP contribution >= 0.6 is 15.9 Å². The number of halogens is 1. The van der Waals surface area contributed by atoms with Gasteiger partial charge in [0.05, 0.1) is 0 Å². The van der Waals surface area contributed by atoms with Crippen LogP contribution in [0.25, 0.3) is 0 Å². The van der Waals surface area contributed by atoms with Crippen molar-refractivity contribution >= 4 is 21.8 Å². The van der Waals surface area contributed by atoms with Gasteiger partial charge in [-0.25, -0.2) is 4.98 Å². The number of benzene rings is 1. The van der Waals surface area contributed by atoms with E-state index in [-0.39, 0.29) is 6.10 Å². The van der Waals surface area contributed by atoms with Crippen molar-refractivity contribution in [1.82, 2.24) is 14.8 Å². The second-order valence-electron chi connectivity index (χ2n) is 4.88. The largest absolute Gasteiger partial charge is 0.486 e. The van der Waals surface area contributed by atoms with E-state index < -0.39 is 0 Å². The minimum Gasteiger partial charge on any atom is -0.486 e. The van der Waals surface area contributed by atoms with Crippen LogP contribution in [0.4, 0.5) is 0 Å². The zero-order valence-electron chi connectivity index (χ0n) is 12.2. The van der Waals surface area contributed by atoms with Crippen LogP contribution < -0.4 is 9.47 Å². The number of rotatable bonds is 3. The predicted molar refractivity (Wildman–Crippen MR) is 83.3 cm³/mol. The number of fused-ring (bicyclic) bond motifs is 1. The lowest BCUT2D eigenvalue weighted by molar-refractivity contribution is 0.0851. The van der Waals surface area contributed by atoms with Crippen molar-refractivity contribution in [3.05, 3.63) is 34.8 Å². The monoisotopic (exact) mass is 366 g/mol. The fourth-order valence-electron chi connectivity index (χ4n) is 1.92. The van der Waals surface area contributed by atoms with Crippen molar-refractivity contribution in [2.45, 2.75) is 20.0 Å². The van der Waals surface area contributed by atoms with E-state index in [1.807, 2.05) is 26.0 Å². The number of aromatic nitrogens is 3. The van der Waals surface area contributed by atoms with Crippen LogP contribution in [-0.4, -0.2) is 39.9 Å². The van der Waals surface area contributed by atoms with Crippen molar-refractivity contribution in [1.29, 1.82) is 0 Å². The summed E-state index contributed by atoms with van der Waals surface area (Å²) in [5, 5.41) is 8.32. The summed E-state index contributed by atoms with van der Waals surface area (Å²) in [6, 6.07) is 3.70. The van der Waals surface area contributed by atoms with Gasteiger partial charge in [-0.3, -0.25) is 0 Å². The van der Waals surface area contributed by atoms with Crippen molar-refractivity contribution < 1.29 is 14.3 Å². The van der Waals surface area contributed by atoms with E-state index in [0.717, 1.165) is 10.0 Å². The Labute approximate surface area is 136 Å². The van der Waals surface area contributed by atoms with Gasteiger partial charge in [-0.1, -0.05) is 5.16 Å². The topological polar surface area (TPSA) is 70.8 Å². The summed E-state index contributed by atoms with van der Waals surface area (Å²) in [7, 11) is 0. The van der Waals surface area contributed by atoms with Crippen molar-refractivity contribution in [3.63, 3.8) is 0 Å². The molecule has 1 aliphatic heterocycles. The molecular formula is C14H15BrN4O3. The van der Waals surface area contributed by atoms with E-state index in [2.05, 4.69) is 31.2 Å². The number of hydrogen-bond donors (Lipinski definition) is 0. The smallest absolute Gasteiger partial charge is 0.202 e. The summed E-state index contributed by atoms with van der Waals surface area (Å²) in [5.41, 5.74) is 0.774. The molecule has 0 radical (unpaired) electrons. The molecule has 0 saturated carbocycles. The van der Waals surface area contributed by atoms with E-state index in [9.17, 15) is 0 Å². The maximum atomic E-state index is 5.63. The Kier molecular flexibility index (Phi) is 4.28. The Morgan fingerprint density at radius 3 is 2.68 bits per heavy atom. The van der Waals surface area contributed by atoms with E-state index in [1.165, 1.54) is 6.33 Å². The molecule has 0 N–H and O–H groups in total. The molecule has 0 saturated heterocycles. The highest BCUT2D eigenvalue weighted by molar-refractivity contribution is 9.10. The van der Waals surface area contributed by atoms with Crippen molar-refractivity contribution in [2.75, 3.05) is 13.2 Å². The maximum absolute atomic E-state index is 5.63. The first kappa shape index (κ1) is 14.8. The predicted octanol–water partition coefficient (Wildman–Crippen LogP) is 2.45. The number of nitrogens with zero attached hydrogens (tertiary/aromatic N) is 4. The molecule has 8 heteroatoms. The molecule has 1 aliphatic rings. The van der Waals surface area contributed by atoms with E-state index in [4.69, 9.17) is 14.3 Å². The van der Waals surface area contributed by atoms with Gasteiger partial charge in [0.1, 0.15) is 32.0 Å². The van der Waals surface area contributed by atoms with Crippen LogP contribution in [0.5, 0.6) is 11.5 Å². The van der Waals surface area contributed by atoms with Crippen molar-refractivity contribution in [2.24, 2.45) is 5.16 Å². The quantitative estimate of drug-likeness (QED) is 0.474. The van der Waals surface area contributed by atoms with Crippen LogP contribution in [0.15, 0.2) is 34.4 Å². The fourth-order valence-corrected chi connectivity index (χ4v) is 2.42. The van der Waals surface area contributed by atoms with Gasteiger partial charge in [0.15, 0.2) is 11.5 Å². The first-order valence-electron chi connectivity index (χ1n) is 6.83. The lowest BCUT2D eigenvalue weighted by Gasteiger charge is -2.20. The van der Waals surface area contributed by atoms with Crippen LogP contribution in [0.1, 0.15) is 19.4 Å². The average Bonchev–Trinajstić information content (AvgIpc) is 3.01. The van der Waals surface area contributed by atoms with Crippen molar-refractivity contribution in [3.8, 4) is 11.5 Å². The van der Waals surface area contributed by atoms with Gasteiger partial charge in [-0.05, 0) is 41.9 Å². The average molecular weight is 367 g/mol. The van der Waals surface area contributed by atoms with Gasteiger partial charge in [-0.2, -0.15) is 9.78 Å². The van der Waals surface area contributed by atoms with E-state index in [1.54, 1.807) is 11.0 Å². The molecular weight excluding hydrogens is 352 g/mol. The summed E-state index contributed by atoms with van der Waals surface area (Å²) in [5.74, 6) is 1.88. The Balaban J connectivity index is 2.06. The number of ether oxygens (including phenoxy) is 2. The molecule has 7 nitrogen and oxygen atoms in total. The number of oxime groups is 1. The molecule has 1 aromatic carbocycles. The lowest BCUT2D eigenvalue weighted by Crippen LogP contribution is -2.19. The molecule has 0 spiro atoms. The molecule has 2 heterocycles. The highest BCUT2D eigenvalue weighted by atomic mass is 79.9. The molecule has 22 heavy (non-hydrogen) atoms. The Morgan fingerprint density at radius 1 is 1.32 bits per heavy atom. The zero-order chi connectivity index (χ0) is 15.5. The van der Waals surface area contributed by atoms with E-state index >= 15 is 0 Å². The molecule has 0 fully saturated rings. The van der Waals surface area contributed by atoms with Gasteiger partial charge >= 0.3 is 0 Å². The zero-order valence-corrected chi connectivity index (χ0v) is 13.8. The van der Waals surface area contributed by atoms with Gasteiger partial charge in [0.25, 0.3) is 0 Å². The molecule has 3 rings (SSSR count). The molecule has 0 unspecified atom stereocenters. The molecule has 0 bridgehead atoms. The molecule has 0 atom stereocenters. The summed E-state index contributed by atoms with van der Waals surface area (Å²) in [6.45, 7) is 4.87. The molecule has 0 aliphatic carbocycles. The SMILES string of the molecule is CC(C)O/N=C(/c1cc2c(cc1Br)OCCO2)n1cncn1. The molecule has 2 aromatic rings. The standard InChI is InChI=1S/C14H15BrN4O3/c1-9(2)22-18-14(19-8-16-7-17-19)10-5-12-13(6-11(10)15)21-4-3-20-12/h5-9H,3-4H2,1-2H3/b18-14-. The summed E-state index contributed by atoms with van der Waals surface area (Å²) in [4.78, 5) is 9.34. The van der Waals surface area contributed by atoms with Crippen LogP contribution in [-0.2, 0) is 4.84 Å². The second-order valence-corrected chi connectivity index (χ2v) is 5.74. The molecule has 1 aromatic heterocycles. The third kappa shape index (κ3) is 3.06. The Bertz CT molecular complexity index is 686. The molecule has 0 amide bonds. The van der Waals surface area contributed by atoms with Crippen LogP contribution in [0.2, 0.25) is 0 Å². The summed E-state index contributed by atoms with van der Waals surface area (Å²) >= 11 is 3.54. The molecule has 116 valence electrons. The maximum Gasteiger partial charge on any atom is 0.202 e. The summed E-state index contributed by atoms with van der Waals surface area (Å²) in [6.07, 6.45) is 2.96. The van der Waals surface area contributed by atoms with Gasteiger partial charge in [0.2, 0.25) is 5.84 Å². The van der Waals surface area contributed by atoms with Gasteiger partial charge in [0, 0.05) is 10.0 Å². The minimum atomic E-state index is -0.0468. The Hall–Kier alpha value is -2.09. The first-order valence-corrected chi connectivity index (χ1v) is 7.63. The third-order valence-corrected chi connectivity index (χ3v) is 3.51. The van der Waals surface area contributed by atoms with Crippen LogP contribution in [0, 0.1) is 0 Å². The van der Waals surface area contributed by atoms with Gasteiger partial charge < -0.3 is 14.3 Å². The van der Waals surface area contributed by atoms with Crippen LogP contribution in [0.3, 0.4) is 0 Å². The minimum absolute atomic E-state index is 0.0468. The first-order chi connectivity index (χ1) is 10.6. The van der Waals surface area contributed by atoms with E-state index in [0.29, 0.717) is 30.5 Å². The second kappa shape index (κ2) is 6.35. The highest BCUT2D eigenvalue weighted by Gasteiger charge is 2.20. The number of hydrogen-bond acceptors (Lipinski definition) is 6. The third-order valence-electron chi connectivity index (χ3n) is 2.86.